The normalized spacial score (nSPS) is 20.7. The van der Waals surface area contributed by atoms with E-state index in [1.807, 2.05) is 0 Å². The summed E-state index contributed by atoms with van der Waals surface area (Å²) in [5.41, 5.74) is 1.03. The predicted octanol–water partition coefficient (Wildman–Crippen LogP) is 3.54. The Labute approximate surface area is 122 Å². The average Bonchev–Trinajstić information content (AvgIpc) is 2.92. The first-order valence-electron chi connectivity index (χ1n) is 6.95. The summed E-state index contributed by atoms with van der Waals surface area (Å²) < 4.78 is 19.8. The molecule has 1 heterocycles. The molecule has 1 saturated heterocycles. The molecule has 0 radical (unpaired) electrons. The van der Waals surface area contributed by atoms with Gasteiger partial charge in [0.15, 0.2) is 0 Å². The van der Waals surface area contributed by atoms with Crippen LogP contribution >= 0.6 is 15.9 Å². The lowest BCUT2D eigenvalue weighted by molar-refractivity contribution is 0.176. The van der Waals surface area contributed by atoms with Crippen LogP contribution in [0.25, 0.3) is 0 Å². The summed E-state index contributed by atoms with van der Waals surface area (Å²) in [5.74, 6) is 0.358. The summed E-state index contributed by atoms with van der Waals surface area (Å²) in [7, 11) is 0. The predicted molar refractivity (Wildman–Crippen MR) is 78.8 cm³/mol. The van der Waals surface area contributed by atoms with E-state index in [4.69, 9.17) is 4.74 Å². The quantitative estimate of drug-likeness (QED) is 0.861. The van der Waals surface area contributed by atoms with Crippen molar-refractivity contribution in [3.8, 4) is 0 Å². The van der Waals surface area contributed by atoms with E-state index in [1.165, 1.54) is 6.07 Å². The van der Waals surface area contributed by atoms with Crippen LogP contribution in [-0.4, -0.2) is 25.8 Å². The number of benzene rings is 1. The van der Waals surface area contributed by atoms with E-state index in [9.17, 15) is 4.39 Å². The van der Waals surface area contributed by atoms with Gasteiger partial charge in [-0.05, 0) is 49.6 Å². The van der Waals surface area contributed by atoms with Gasteiger partial charge >= 0.3 is 0 Å². The number of halogens is 2. The van der Waals surface area contributed by atoms with Gasteiger partial charge in [0.2, 0.25) is 0 Å². The fraction of sp³-hybridized carbons (Fsp3) is 0.600. The molecule has 0 aliphatic carbocycles. The van der Waals surface area contributed by atoms with Crippen molar-refractivity contribution >= 4 is 15.9 Å². The van der Waals surface area contributed by atoms with Crippen molar-refractivity contribution < 1.29 is 9.13 Å². The van der Waals surface area contributed by atoms with Crippen LogP contribution in [0.2, 0.25) is 0 Å². The summed E-state index contributed by atoms with van der Waals surface area (Å²) in [6.07, 6.45) is 3.04. The SMILES string of the molecule is CCCNC(Cc1cc(F)ccc1Br)C1CCOC1. The molecular formula is C15H21BrFNO. The highest BCUT2D eigenvalue weighted by Gasteiger charge is 2.26. The van der Waals surface area contributed by atoms with Gasteiger partial charge in [-0.25, -0.2) is 4.39 Å². The van der Waals surface area contributed by atoms with Gasteiger partial charge in [-0.2, -0.15) is 0 Å². The Bertz CT molecular complexity index is 407. The van der Waals surface area contributed by atoms with Gasteiger partial charge < -0.3 is 10.1 Å². The van der Waals surface area contributed by atoms with E-state index in [2.05, 4.69) is 28.2 Å². The maximum atomic E-state index is 13.4. The van der Waals surface area contributed by atoms with Gasteiger partial charge in [0.1, 0.15) is 5.82 Å². The lowest BCUT2D eigenvalue weighted by Crippen LogP contribution is -2.39. The van der Waals surface area contributed by atoms with Crippen LogP contribution in [0.1, 0.15) is 25.3 Å². The molecular weight excluding hydrogens is 309 g/mol. The van der Waals surface area contributed by atoms with Gasteiger partial charge in [-0.3, -0.25) is 0 Å². The molecule has 1 N–H and O–H groups in total. The van der Waals surface area contributed by atoms with Crippen molar-refractivity contribution in [3.63, 3.8) is 0 Å². The second-order valence-electron chi connectivity index (χ2n) is 5.12. The number of nitrogens with one attached hydrogen (secondary N) is 1. The van der Waals surface area contributed by atoms with Gasteiger partial charge in [-0.15, -0.1) is 0 Å². The van der Waals surface area contributed by atoms with Crippen LogP contribution in [0, 0.1) is 11.7 Å². The third-order valence-corrected chi connectivity index (χ3v) is 4.41. The highest BCUT2D eigenvalue weighted by Crippen LogP contribution is 2.24. The van der Waals surface area contributed by atoms with E-state index in [0.717, 1.165) is 49.1 Å². The molecule has 0 bridgehead atoms. The van der Waals surface area contributed by atoms with E-state index in [0.29, 0.717) is 12.0 Å². The highest BCUT2D eigenvalue weighted by molar-refractivity contribution is 9.10. The third kappa shape index (κ3) is 4.26. The van der Waals surface area contributed by atoms with Crippen LogP contribution in [0.3, 0.4) is 0 Å². The molecule has 0 aromatic heterocycles. The Morgan fingerprint density at radius 2 is 2.37 bits per heavy atom. The molecule has 1 fully saturated rings. The second kappa shape index (κ2) is 7.36. The zero-order valence-electron chi connectivity index (χ0n) is 11.3. The smallest absolute Gasteiger partial charge is 0.123 e. The van der Waals surface area contributed by atoms with Crippen LogP contribution in [0.4, 0.5) is 4.39 Å². The fourth-order valence-corrected chi connectivity index (χ4v) is 2.95. The zero-order valence-corrected chi connectivity index (χ0v) is 12.9. The first-order chi connectivity index (χ1) is 9.20. The molecule has 1 aromatic carbocycles. The minimum absolute atomic E-state index is 0.171. The first kappa shape index (κ1) is 14.9. The lowest BCUT2D eigenvalue weighted by atomic mass is 9.92. The average molecular weight is 330 g/mol. The van der Waals surface area contributed by atoms with Crippen molar-refractivity contribution in [2.24, 2.45) is 5.92 Å². The maximum absolute atomic E-state index is 13.4. The van der Waals surface area contributed by atoms with E-state index in [1.54, 1.807) is 12.1 Å². The Morgan fingerprint density at radius 3 is 3.05 bits per heavy atom. The van der Waals surface area contributed by atoms with Gasteiger partial charge in [0, 0.05) is 23.0 Å². The molecule has 1 aromatic rings. The molecule has 0 spiro atoms. The van der Waals surface area contributed by atoms with Crippen LogP contribution in [0.15, 0.2) is 22.7 Å². The molecule has 0 saturated carbocycles. The van der Waals surface area contributed by atoms with Crippen LogP contribution in [0.5, 0.6) is 0 Å². The largest absolute Gasteiger partial charge is 0.381 e. The topological polar surface area (TPSA) is 21.3 Å². The Kier molecular flexibility index (Phi) is 5.79. The second-order valence-corrected chi connectivity index (χ2v) is 5.98. The third-order valence-electron chi connectivity index (χ3n) is 3.64. The molecule has 2 rings (SSSR count). The zero-order chi connectivity index (χ0) is 13.7. The van der Waals surface area contributed by atoms with Gasteiger partial charge in [-0.1, -0.05) is 22.9 Å². The minimum atomic E-state index is -0.171. The monoisotopic (exact) mass is 329 g/mol. The molecule has 1 aliphatic heterocycles. The summed E-state index contributed by atoms with van der Waals surface area (Å²) in [5, 5.41) is 3.58. The lowest BCUT2D eigenvalue weighted by Gasteiger charge is -2.24. The van der Waals surface area contributed by atoms with Crippen molar-refractivity contribution in [2.75, 3.05) is 19.8 Å². The van der Waals surface area contributed by atoms with Crippen molar-refractivity contribution in [2.45, 2.75) is 32.2 Å². The Morgan fingerprint density at radius 1 is 1.53 bits per heavy atom. The van der Waals surface area contributed by atoms with Crippen molar-refractivity contribution in [1.29, 1.82) is 0 Å². The standard InChI is InChI=1S/C15H21BrFNO/c1-2-6-18-15(11-5-7-19-10-11)9-12-8-13(17)3-4-14(12)16/h3-4,8,11,15,18H,2,5-7,9-10H2,1H3. The van der Waals surface area contributed by atoms with Gasteiger partial charge in [0.25, 0.3) is 0 Å². The minimum Gasteiger partial charge on any atom is -0.381 e. The van der Waals surface area contributed by atoms with Crippen molar-refractivity contribution in [3.05, 3.63) is 34.1 Å². The molecule has 0 amide bonds. The number of hydrogen-bond donors (Lipinski definition) is 1. The number of rotatable bonds is 6. The summed E-state index contributed by atoms with van der Waals surface area (Å²) in [6.45, 7) is 4.81. The van der Waals surface area contributed by atoms with E-state index in [-0.39, 0.29) is 5.82 Å². The van der Waals surface area contributed by atoms with Crippen molar-refractivity contribution in [1.82, 2.24) is 5.32 Å². The Balaban J connectivity index is 2.07. The summed E-state index contributed by atoms with van der Waals surface area (Å²) in [6, 6.07) is 5.26. The first-order valence-corrected chi connectivity index (χ1v) is 7.75. The maximum Gasteiger partial charge on any atom is 0.123 e. The molecule has 106 valence electrons. The fourth-order valence-electron chi connectivity index (χ4n) is 2.54. The van der Waals surface area contributed by atoms with Crippen LogP contribution < -0.4 is 5.32 Å². The summed E-state index contributed by atoms with van der Waals surface area (Å²) in [4.78, 5) is 0. The molecule has 1 aliphatic rings. The molecule has 4 heteroatoms. The van der Waals surface area contributed by atoms with Crippen LogP contribution in [-0.2, 0) is 11.2 Å². The molecule has 19 heavy (non-hydrogen) atoms. The van der Waals surface area contributed by atoms with Gasteiger partial charge in [0.05, 0.1) is 6.61 Å². The van der Waals surface area contributed by atoms with E-state index < -0.39 is 0 Å². The molecule has 2 atom stereocenters. The molecule has 2 nitrogen and oxygen atoms in total. The summed E-state index contributed by atoms with van der Waals surface area (Å²) >= 11 is 3.51. The highest BCUT2D eigenvalue weighted by atomic mass is 79.9. The Hall–Kier alpha value is -0.450. The number of hydrogen-bond acceptors (Lipinski definition) is 2. The van der Waals surface area contributed by atoms with E-state index >= 15 is 0 Å². The molecule has 2 unspecified atom stereocenters. The number of ether oxygens (including phenoxy) is 1.